The molecule has 1 heterocycles. The van der Waals surface area contributed by atoms with E-state index >= 15 is 0 Å². The number of nitrogens with one attached hydrogen (secondary N) is 2. The molecule has 0 aliphatic rings. The summed E-state index contributed by atoms with van der Waals surface area (Å²) in [6.07, 6.45) is -3.06. The van der Waals surface area contributed by atoms with E-state index < -0.39 is 54.4 Å². The summed E-state index contributed by atoms with van der Waals surface area (Å²) in [4.78, 5) is 65.1. The fourth-order valence-electron chi connectivity index (χ4n) is 2.84. The van der Waals surface area contributed by atoms with Crippen LogP contribution in [0.4, 0.5) is 5.95 Å². The second-order valence-corrected chi connectivity index (χ2v) is 6.92. The Balaban J connectivity index is 2.34. The van der Waals surface area contributed by atoms with E-state index in [2.05, 4.69) is 20.5 Å². The van der Waals surface area contributed by atoms with Gasteiger partial charge in [-0.1, -0.05) is 12.1 Å². The van der Waals surface area contributed by atoms with Gasteiger partial charge in [0, 0.05) is 27.7 Å². The zero-order valence-corrected chi connectivity index (χ0v) is 18.9. The SMILES string of the molecule is CC(=O)OC[C@H](OC(C)=O)[C@H](OC(C)=O)[C@@H](/C=N\Nc1nc2ccccc2c(=O)[nH]1)OC(C)=O. The predicted octanol–water partition coefficient (Wildman–Crippen LogP) is 0.679. The number of fused-ring (bicyclic) bond motifs is 1. The number of nitrogens with zero attached hydrogens (tertiary/aromatic N) is 2. The molecule has 0 unspecified atom stereocenters. The van der Waals surface area contributed by atoms with Gasteiger partial charge in [0.25, 0.3) is 5.56 Å². The summed E-state index contributed by atoms with van der Waals surface area (Å²) in [7, 11) is 0. The molecule has 0 amide bonds. The second-order valence-electron chi connectivity index (χ2n) is 6.92. The molecule has 0 radical (unpaired) electrons. The minimum Gasteiger partial charge on any atom is -0.462 e. The Hall–Kier alpha value is -4.29. The van der Waals surface area contributed by atoms with Gasteiger partial charge in [0.2, 0.25) is 5.95 Å². The number of para-hydroxylation sites is 1. The number of esters is 4. The van der Waals surface area contributed by atoms with Crippen LogP contribution in [0.3, 0.4) is 0 Å². The number of anilines is 1. The molecule has 0 aliphatic carbocycles. The highest BCUT2D eigenvalue weighted by Gasteiger charge is 2.37. The third kappa shape index (κ3) is 8.00. The van der Waals surface area contributed by atoms with Crippen molar-refractivity contribution in [3.63, 3.8) is 0 Å². The van der Waals surface area contributed by atoms with Gasteiger partial charge < -0.3 is 18.9 Å². The van der Waals surface area contributed by atoms with Gasteiger partial charge in [0.05, 0.1) is 17.1 Å². The predicted molar refractivity (Wildman–Crippen MR) is 118 cm³/mol. The third-order valence-electron chi connectivity index (χ3n) is 4.07. The Morgan fingerprint density at radius 1 is 1.00 bits per heavy atom. The Kier molecular flexibility index (Phi) is 9.23. The van der Waals surface area contributed by atoms with Gasteiger partial charge in [0.15, 0.2) is 18.3 Å². The summed E-state index contributed by atoms with van der Waals surface area (Å²) in [5.74, 6) is -3.00. The van der Waals surface area contributed by atoms with Crippen LogP contribution in [0.1, 0.15) is 27.7 Å². The van der Waals surface area contributed by atoms with Gasteiger partial charge >= 0.3 is 23.9 Å². The molecule has 0 fully saturated rings. The average Bonchev–Trinajstić information content (AvgIpc) is 2.74. The Bertz CT molecular complexity index is 1140. The highest BCUT2D eigenvalue weighted by atomic mass is 16.6. The maximum absolute atomic E-state index is 12.2. The lowest BCUT2D eigenvalue weighted by molar-refractivity contribution is -0.183. The van der Waals surface area contributed by atoms with E-state index in [1.807, 2.05) is 0 Å². The largest absolute Gasteiger partial charge is 0.462 e. The molecule has 34 heavy (non-hydrogen) atoms. The van der Waals surface area contributed by atoms with Gasteiger partial charge in [0.1, 0.15) is 6.61 Å². The molecule has 1 aromatic carbocycles. The number of ether oxygens (including phenoxy) is 4. The number of H-pyrrole nitrogens is 1. The van der Waals surface area contributed by atoms with Gasteiger partial charge in [-0.05, 0) is 12.1 Å². The van der Waals surface area contributed by atoms with E-state index in [0.717, 1.165) is 33.9 Å². The van der Waals surface area contributed by atoms with Crippen molar-refractivity contribution in [2.45, 2.75) is 46.0 Å². The lowest BCUT2D eigenvalue weighted by Gasteiger charge is -2.29. The van der Waals surface area contributed by atoms with E-state index in [1.165, 1.54) is 0 Å². The van der Waals surface area contributed by atoms with E-state index in [-0.39, 0.29) is 5.95 Å². The monoisotopic (exact) mass is 476 g/mol. The van der Waals surface area contributed by atoms with Crippen molar-refractivity contribution in [2.24, 2.45) is 5.10 Å². The minimum atomic E-state index is -1.42. The van der Waals surface area contributed by atoms with Gasteiger partial charge in [-0.2, -0.15) is 5.10 Å². The number of aromatic amines is 1. The van der Waals surface area contributed by atoms with Crippen molar-refractivity contribution < 1.29 is 38.1 Å². The first-order valence-electron chi connectivity index (χ1n) is 10.00. The molecule has 2 N–H and O–H groups in total. The lowest BCUT2D eigenvalue weighted by atomic mass is 10.1. The van der Waals surface area contributed by atoms with Crippen LogP contribution >= 0.6 is 0 Å². The molecule has 182 valence electrons. The molecule has 0 aliphatic heterocycles. The van der Waals surface area contributed by atoms with Crippen molar-refractivity contribution in [1.82, 2.24) is 9.97 Å². The number of carbonyl (C=O) groups is 4. The maximum atomic E-state index is 12.2. The smallest absolute Gasteiger partial charge is 0.303 e. The minimum absolute atomic E-state index is 0.0120. The van der Waals surface area contributed by atoms with E-state index in [1.54, 1.807) is 24.3 Å². The molecule has 2 aromatic rings. The van der Waals surface area contributed by atoms with Crippen LogP contribution in [-0.2, 0) is 38.1 Å². The molecule has 13 heteroatoms. The van der Waals surface area contributed by atoms with Gasteiger partial charge in [-0.25, -0.2) is 10.4 Å². The first kappa shape index (κ1) is 26.0. The van der Waals surface area contributed by atoms with E-state index in [0.29, 0.717) is 10.9 Å². The van der Waals surface area contributed by atoms with Crippen LogP contribution in [0, 0.1) is 0 Å². The number of hydrazone groups is 1. The fourth-order valence-corrected chi connectivity index (χ4v) is 2.84. The molecule has 3 atom stereocenters. The number of benzene rings is 1. The summed E-state index contributed by atoms with van der Waals surface area (Å²) >= 11 is 0. The molecule has 0 bridgehead atoms. The quantitative estimate of drug-likeness (QED) is 0.213. The van der Waals surface area contributed by atoms with E-state index in [4.69, 9.17) is 18.9 Å². The van der Waals surface area contributed by atoms with Crippen LogP contribution < -0.4 is 11.0 Å². The molecule has 13 nitrogen and oxygen atoms in total. The highest BCUT2D eigenvalue weighted by Crippen LogP contribution is 2.15. The Labute approximate surface area is 193 Å². The zero-order chi connectivity index (χ0) is 25.3. The van der Waals surface area contributed by atoms with Crippen molar-refractivity contribution in [1.29, 1.82) is 0 Å². The molecule has 0 spiro atoms. The molecule has 2 rings (SSSR count). The fraction of sp³-hybridized carbons (Fsp3) is 0.381. The number of hydrogen-bond acceptors (Lipinski definition) is 12. The first-order chi connectivity index (χ1) is 16.1. The van der Waals surface area contributed by atoms with Crippen molar-refractivity contribution in [3.05, 3.63) is 34.6 Å². The number of aromatic nitrogens is 2. The Morgan fingerprint density at radius 2 is 1.65 bits per heavy atom. The first-order valence-corrected chi connectivity index (χ1v) is 10.00. The van der Waals surface area contributed by atoms with Crippen molar-refractivity contribution in [2.75, 3.05) is 12.0 Å². The number of hydrogen-bond donors (Lipinski definition) is 2. The van der Waals surface area contributed by atoms with Gasteiger partial charge in [-0.3, -0.25) is 29.0 Å². The van der Waals surface area contributed by atoms with Crippen LogP contribution in [0.15, 0.2) is 34.2 Å². The normalized spacial score (nSPS) is 13.5. The Morgan fingerprint density at radius 3 is 2.26 bits per heavy atom. The average molecular weight is 476 g/mol. The zero-order valence-electron chi connectivity index (χ0n) is 18.9. The summed E-state index contributed by atoms with van der Waals surface area (Å²) in [5.41, 5.74) is 2.50. The second kappa shape index (κ2) is 12.1. The summed E-state index contributed by atoms with van der Waals surface area (Å²) < 4.78 is 20.4. The summed E-state index contributed by atoms with van der Waals surface area (Å²) in [6, 6.07) is 6.64. The molecular formula is C21H24N4O9. The van der Waals surface area contributed by atoms with Crippen molar-refractivity contribution in [3.8, 4) is 0 Å². The lowest BCUT2D eigenvalue weighted by Crippen LogP contribution is -2.48. The van der Waals surface area contributed by atoms with Crippen LogP contribution in [0.25, 0.3) is 10.9 Å². The molecule has 1 aromatic heterocycles. The van der Waals surface area contributed by atoms with Crippen LogP contribution in [-0.4, -0.2) is 65.0 Å². The van der Waals surface area contributed by atoms with Crippen molar-refractivity contribution >= 4 is 46.9 Å². The molecule has 0 saturated heterocycles. The van der Waals surface area contributed by atoms with Gasteiger partial charge in [-0.15, -0.1) is 0 Å². The topological polar surface area (TPSA) is 175 Å². The van der Waals surface area contributed by atoms with Crippen LogP contribution in [0.5, 0.6) is 0 Å². The standard InChI is InChI=1S/C21H24N4O9/c1-11(26)31-10-18(33-13(3)28)19(34-14(4)29)17(32-12(2)27)9-22-25-21-23-16-8-6-5-7-15(16)20(30)24-21/h5-9,17-19H,10H2,1-4H3,(H2,23,24,25,30)/b22-9-/t17-,18+,19-/m1/s1. The highest BCUT2D eigenvalue weighted by molar-refractivity contribution is 5.78. The maximum Gasteiger partial charge on any atom is 0.303 e. The number of carbonyl (C=O) groups excluding carboxylic acids is 4. The molecule has 0 saturated carbocycles. The molecular weight excluding hydrogens is 452 g/mol. The third-order valence-corrected chi connectivity index (χ3v) is 4.07. The summed E-state index contributed by atoms with van der Waals surface area (Å²) in [6.45, 7) is 3.95. The van der Waals surface area contributed by atoms with E-state index in [9.17, 15) is 24.0 Å². The van der Waals surface area contributed by atoms with Crippen LogP contribution in [0.2, 0.25) is 0 Å². The number of rotatable bonds is 10. The summed E-state index contributed by atoms with van der Waals surface area (Å²) in [5, 5.41) is 4.28.